The van der Waals surface area contributed by atoms with Crippen molar-refractivity contribution in [2.24, 2.45) is 5.92 Å². The molecule has 1 atom stereocenters. The number of nitrogens with zero attached hydrogens (tertiary/aromatic N) is 2. The zero-order valence-corrected chi connectivity index (χ0v) is 15.1. The molecule has 2 aliphatic heterocycles. The number of morpholine rings is 1. The van der Waals surface area contributed by atoms with Crippen LogP contribution in [0.25, 0.3) is 0 Å². The molecule has 0 saturated carbocycles. The highest BCUT2D eigenvalue weighted by Gasteiger charge is 2.26. The summed E-state index contributed by atoms with van der Waals surface area (Å²) in [4.78, 5) is 17.0. The minimum atomic E-state index is -0.216. The van der Waals surface area contributed by atoms with Crippen LogP contribution in [0, 0.1) is 11.7 Å². The van der Waals surface area contributed by atoms with Crippen LogP contribution in [-0.2, 0) is 9.53 Å². The zero-order chi connectivity index (χ0) is 17.6. The summed E-state index contributed by atoms with van der Waals surface area (Å²) in [6, 6.07) is 6.76. The maximum Gasteiger partial charge on any atom is 0.223 e. The number of piperidine rings is 1. The Hall–Kier alpha value is -1.46. The second kappa shape index (κ2) is 8.77. The molecule has 0 N–H and O–H groups in total. The third kappa shape index (κ3) is 5.02. The van der Waals surface area contributed by atoms with Crippen molar-refractivity contribution in [1.82, 2.24) is 9.80 Å². The molecule has 2 fully saturated rings. The molecule has 0 unspecified atom stereocenters. The van der Waals surface area contributed by atoms with E-state index in [2.05, 4.69) is 4.90 Å². The van der Waals surface area contributed by atoms with E-state index in [-0.39, 0.29) is 17.6 Å². The SMILES string of the molecule is C[C@H](CC(=O)N1CCC(CN2CCOCC2)CC1)c1ccccc1F. The first-order valence-corrected chi connectivity index (χ1v) is 9.46. The molecule has 4 nitrogen and oxygen atoms in total. The summed E-state index contributed by atoms with van der Waals surface area (Å²) in [5.74, 6) is 0.526. The second-order valence-corrected chi connectivity index (χ2v) is 7.36. The summed E-state index contributed by atoms with van der Waals surface area (Å²) in [6.45, 7) is 8.45. The third-order valence-corrected chi connectivity index (χ3v) is 5.50. The van der Waals surface area contributed by atoms with Gasteiger partial charge in [-0.05, 0) is 36.3 Å². The number of hydrogen-bond acceptors (Lipinski definition) is 3. The number of rotatable bonds is 5. The van der Waals surface area contributed by atoms with Gasteiger partial charge in [-0.15, -0.1) is 0 Å². The van der Waals surface area contributed by atoms with Crippen molar-refractivity contribution in [3.8, 4) is 0 Å². The van der Waals surface area contributed by atoms with Gasteiger partial charge in [0.15, 0.2) is 0 Å². The lowest BCUT2D eigenvalue weighted by Gasteiger charge is -2.36. The highest BCUT2D eigenvalue weighted by atomic mass is 19.1. The maximum absolute atomic E-state index is 13.9. The largest absolute Gasteiger partial charge is 0.379 e. The van der Waals surface area contributed by atoms with Gasteiger partial charge in [-0.2, -0.15) is 0 Å². The van der Waals surface area contributed by atoms with E-state index in [9.17, 15) is 9.18 Å². The highest BCUT2D eigenvalue weighted by Crippen LogP contribution is 2.25. The molecule has 0 bridgehead atoms. The molecule has 138 valence electrons. The van der Waals surface area contributed by atoms with E-state index in [1.165, 1.54) is 6.07 Å². The van der Waals surface area contributed by atoms with Crippen molar-refractivity contribution >= 4 is 5.91 Å². The molecular weight excluding hydrogens is 319 g/mol. The number of likely N-dealkylation sites (tertiary alicyclic amines) is 1. The zero-order valence-electron chi connectivity index (χ0n) is 15.1. The van der Waals surface area contributed by atoms with Crippen LogP contribution in [0.1, 0.15) is 37.7 Å². The van der Waals surface area contributed by atoms with Gasteiger partial charge in [0.1, 0.15) is 5.82 Å². The Bertz CT molecular complexity index is 567. The molecule has 0 spiro atoms. The summed E-state index contributed by atoms with van der Waals surface area (Å²) in [7, 11) is 0. The van der Waals surface area contributed by atoms with Crippen LogP contribution in [-0.4, -0.2) is 61.6 Å². The number of carbonyl (C=O) groups excluding carboxylic acids is 1. The first-order valence-electron chi connectivity index (χ1n) is 9.46. The van der Waals surface area contributed by atoms with Crippen molar-refractivity contribution in [1.29, 1.82) is 0 Å². The predicted molar refractivity (Wildman–Crippen MR) is 96.0 cm³/mol. The lowest BCUT2D eigenvalue weighted by atomic mass is 9.93. The third-order valence-electron chi connectivity index (χ3n) is 5.50. The van der Waals surface area contributed by atoms with E-state index in [4.69, 9.17) is 4.74 Å². The molecule has 5 heteroatoms. The lowest BCUT2D eigenvalue weighted by molar-refractivity contribution is -0.133. The van der Waals surface area contributed by atoms with E-state index >= 15 is 0 Å². The highest BCUT2D eigenvalue weighted by molar-refractivity contribution is 5.77. The van der Waals surface area contributed by atoms with E-state index in [0.29, 0.717) is 17.9 Å². The van der Waals surface area contributed by atoms with E-state index in [0.717, 1.165) is 58.8 Å². The molecule has 2 aliphatic rings. The van der Waals surface area contributed by atoms with Gasteiger partial charge in [0.25, 0.3) is 0 Å². The van der Waals surface area contributed by atoms with Gasteiger partial charge in [-0.1, -0.05) is 25.1 Å². The van der Waals surface area contributed by atoms with Gasteiger partial charge >= 0.3 is 0 Å². The molecule has 1 aromatic carbocycles. The summed E-state index contributed by atoms with van der Waals surface area (Å²) >= 11 is 0. The Balaban J connectivity index is 1.44. The fourth-order valence-electron chi connectivity index (χ4n) is 3.89. The van der Waals surface area contributed by atoms with E-state index < -0.39 is 0 Å². The van der Waals surface area contributed by atoms with Gasteiger partial charge in [0.2, 0.25) is 5.91 Å². The lowest BCUT2D eigenvalue weighted by Crippen LogP contribution is -2.44. The number of benzene rings is 1. The average Bonchev–Trinajstić information content (AvgIpc) is 2.63. The van der Waals surface area contributed by atoms with Crippen LogP contribution in [0.15, 0.2) is 24.3 Å². The molecule has 0 aliphatic carbocycles. The fourth-order valence-corrected chi connectivity index (χ4v) is 3.89. The van der Waals surface area contributed by atoms with Crippen LogP contribution < -0.4 is 0 Å². The monoisotopic (exact) mass is 348 g/mol. The van der Waals surface area contributed by atoms with Gasteiger partial charge in [0, 0.05) is 39.1 Å². The Morgan fingerprint density at radius 2 is 1.88 bits per heavy atom. The molecule has 25 heavy (non-hydrogen) atoms. The van der Waals surface area contributed by atoms with Crippen LogP contribution in [0.3, 0.4) is 0 Å². The summed E-state index contributed by atoms with van der Waals surface area (Å²) in [5, 5.41) is 0. The molecular formula is C20H29FN2O2. The van der Waals surface area contributed by atoms with Gasteiger partial charge in [-0.25, -0.2) is 4.39 Å². The topological polar surface area (TPSA) is 32.8 Å². The van der Waals surface area contributed by atoms with Gasteiger partial charge in [-0.3, -0.25) is 9.69 Å². The summed E-state index contributed by atoms with van der Waals surface area (Å²) < 4.78 is 19.3. The predicted octanol–water partition coefficient (Wildman–Crippen LogP) is 2.89. The van der Waals surface area contributed by atoms with Crippen LogP contribution >= 0.6 is 0 Å². The Morgan fingerprint density at radius 3 is 2.56 bits per heavy atom. The minimum Gasteiger partial charge on any atom is -0.379 e. The van der Waals surface area contributed by atoms with Crippen LogP contribution in [0.2, 0.25) is 0 Å². The van der Waals surface area contributed by atoms with Crippen molar-refractivity contribution in [2.75, 3.05) is 45.9 Å². The average molecular weight is 348 g/mol. The van der Waals surface area contributed by atoms with E-state index in [1.54, 1.807) is 12.1 Å². The van der Waals surface area contributed by atoms with E-state index in [1.807, 2.05) is 17.9 Å². The molecule has 2 heterocycles. The minimum absolute atomic E-state index is 0.0835. The molecule has 3 rings (SSSR count). The number of halogens is 1. The molecule has 1 aromatic rings. The van der Waals surface area contributed by atoms with Crippen molar-refractivity contribution in [3.05, 3.63) is 35.6 Å². The van der Waals surface area contributed by atoms with Crippen molar-refractivity contribution in [2.45, 2.75) is 32.1 Å². The first-order chi connectivity index (χ1) is 12.1. The fraction of sp³-hybridized carbons (Fsp3) is 0.650. The van der Waals surface area contributed by atoms with Crippen LogP contribution in [0.5, 0.6) is 0 Å². The van der Waals surface area contributed by atoms with Crippen LogP contribution in [0.4, 0.5) is 4.39 Å². The Kier molecular flexibility index (Phi) is 6.43. The normalized spacial score (nSPS) is 21.3. The molecule has 0 aromatic heterocycles. The Labute approximate surface area is 149 Å². The van der Waals surface area contributed by atoms with Gasteiger partial charge in [0.05, 0.1) is 13.2 Å². The quantitative estimate of drug-likeness (QED) is 0.820. The number of hydrogen-bond donors (Lipinski definition) is 0. The first kappa shape index (κ1) is 18.3. The smallest absolute Gasteiger partial charge is 0.223 e. The van der Waals surface area contributed by atoms with Crippen molar-refractivity contribution in [3.63, 3.8) is 0 Å². The number of ether oxygens (including phenoxy) is 1. The molecule has 1 amide bonds. The molecule has 2 saturated heterocycles. The maximum atomic E-state index is 13.9. The standard InChI is InChI=1S/C20H29FN2O2/c1-16(18-4-2-3-5-19(18)21)14-20(24)23-8-6-17(7-9-23)15-22-10-12-25-13-11-22/h2-5,16-17H,6-15H2,1H3/t16-/m1/s1. The van der Waals surface area contributed by atoms with Gasteiger partial charge < -0.3 is 9.64 Å². The molecule has 0 radical (unpaired) electrons. The second-order valence-electron chi connectivity index (χ2n) is 7.36. The number of amides is 1. The summed E-state index contributed by atoms with van der Waals surface area (Å²) in [5.41, 5.74) is 0.637. The van der Waals surface area contributed by atoms with Crippen molar-refractivity contribution < 1.29 is 13.9 Å². The summed E-state index contributed by atoms with van der Waals surface area (Å²) in [6.07, 6.45) is 2.52. The number of carbonyl (C=O) groups is 1. The Morgan fingerprint density at radius 1 is 1.20 bits per heavy atom.